The Balaban J connectivity index is 1.29. The number of oxazole rings is 1. The molecule has 7 heteroatoms. The van der Waals surface area contributed by atoms with E-state index in [1.54, 1.807) is 6.07 Å². The maximum atomic E-state index is 11.3. The summed E-state index contributed by atoms with van der Waals surface area (Å²) in [5.41, 5.74) is 3.23. The highest BCUT2D eigenvalue weighted by Crippen LogP contribution is 2.31. The van der Waals surface area contributed by atoms with Crippen LogP contribution in [0.15, 0.2) is 65.1 Å². The van der Waals surface area contributed by atoms with Crippen molar-refractivity contribution < 1.29 is 18.7 Å². The molecule has 0 radical (unpaired) electrons. The van der Waals surface area contributed by atoms with Crippen molar-refractivity contribution in [1.29, 1.82) is 0 Å². The van der Waals surface area contributed by atoms with Gasteiger partial charge in [0.2, 0.25) is 23.6 Å². The van der Waals surface area contributed by atoms with E-state index in [9.17, 15) is 4.79 Å². The third-order valence-corrected chi connectivity index (χ3v) is 5.52. The number of carbonyl (C=O) groups is 1. The molecule has 0 aliphatic heterocycles. The molecule has 1 amide bonds. The number of benzene rings is 2. The standard InChI is InChI=1S/C26H25N3O4/c1-16(27-17(2)30)20-10-13-22-23(14-20)33-26(28-22)19-8-11-21(12-9-19)32-25-5-3-4-24(29-25)31-15-18-6-7-18/h3-5,8-14,16,18H,6-7,15H2,1-2H3,(H,27,30). The summed E-state index contributed by atoms with van der Waals surface area (Å²) in [6, 6.07) is 18.7. The first-order valence-electron chi connectivity index (χ1n) is 11.1. The topological polar surface area (TPSA) is 86.5 Å². The zero-order chi connectivity index (χ0) is 22.8. The third-order valence-electron chi connectivity index (χ3n) is 5.52. The predicted octanol–water partition coefficient (Wildman–Crippen LogP) is 5.67. The van der Waals surface area contributed by atoms with Gasteiger partial charge in [-0.2, -0.15) is 4.98 Å². The van der Waals surface area contributed by atoms with Gasteiger partial charge in [0.15, 0.2) is 5.58 Å². The van der Waals surface area contributed by atoms with Crippen molar-refractivity contribution in [2.24, 2.45) is 5.92 Å². The second kappa shape index (κ2) is 8.94. The van der Waals surface area contributed by atoms with Crippen LogP contribution in [0.4, 0.5) is 0 Å². The third kappa shape index (κ3) is 5.14. The average molecular weight is 444 g/mol. The molecular formula is C26H25N3O4. The van der Waals surface area contributed by atoms with Gasteiger partial charge in [-0.15, -0.1) is 0 Å². The number of carbonyl (C=O) groups excluding carboxylic acids is 1. The smallest absolute Gasteiger partial charge is 0.227 e. The van der Waals surface area contributed by atoms with E-state index in [0.29, 0.717) is 41.5 Å². The first kappa shape index (κ1) is 21.0. The van der Waals surface area contributed by atoms with Crippen LogP contribution in [0.25, 0.3) is 22.6 Å². The summed E-state index contributed by atoms with van der Waals surface area (Å²) < 4.78 is 17.6. The van der Waals surface area contributed by atoms with Crippen molar-refractivity contribution in [1.82, 2.24) is 15.3 Å². The van der Waals surface area contributed by atoms with Crippen molar-refractivity contribution in [3.05, 3.63) is 66.2 Å². The number of pyridine rings is 1. The molecule has 1 aliphatic rings. The monoisotopic (exact) mass is 443 g/mol. The Hall–Kier alpha value is -3.87. The molecule has 1 saturated carbocycles. The van der Waals surface area contributed by atoms with Crippen LogP contribution in [0.2, 0.25) is 0 Å². The fourth-order valence-corrected chi connectivity index (χ4v) is 3.53. The number of nitrogens with zero attached hydrogens (tertiary/aromatic N) is 2. The van der Waals surface area contributed by atoms with Crippen molar-refractivity contribution >= 4 is 17.0 Å². The van der Waals surface area contributed by atoms with Gasteiger partial charge in [0.05, 0.1) is 12.6 Å². The maximum absolute atomic E-state index is 11.3. The van der Waals surface area contributed by atoms with Crippen molar-refractivity contribution in [3.63, 3.8) is 0 Å². The number of hydrogen-bond donors (Lipinski definition) is 1. The molecule has 0 bridgehead atoms. The minimum Gasteiger partial charge on any atom is -0.477 e. The summed E-state index contributed by atoms with van der Waals surface area (Å²) in [7, 11) is 0. The summed E-state index contributed by atoms with van der Waals surface area (Å²) in [4.78, 5) is 20.3. The average Bonchev–Trinajstić information content (AvgIpc) is 3.54. The van der Waals surface area contributed by atoms with Gasteiger partial charge >= 0.3 is 0 Å². The fourth-order valence-electron chi connectivity index (χ4n) is 3.53. The van der Waals surface area contributed by atoms with Gasteiger partial charge in [-0.05, 0) is 67.6 Å². The van der Waals surface area contributed by atoms with E-state index in [1.807, 2.05) is 61.5 Å². The van der Waals surface area contributed by atoms with Gasteiger partial charge in [0.25, 0.3) is 0 Å². The molecule has 5 rings (SSSR count). The van der Waals surface area contributed by atoms with E-state index >= 15 is 0 Å². The Morgan fingerprint density at radius 1 is 1.09 bits per heavy atom. The zero-order valence-electron chi connectivity index (χ0n) is 18.6. The van der Waals surface area contributed by atoms with Crippen molar-refractivity contribution in [3.8, 4) is 29.0 Å². The van der Waals surface area contributed by atoms with Gasteiger partial charge in [-0.1, -0.05) is 12.1 Å². The number of amides is 1. The zero-order valence-corrected chi connectivity index (χ0v) is 18.6. The Labute approximate surface area is 191 Å². The molecular weight excluding hydrogens is 418 g/mol. The van der Waals surface area contributed by atoms with Crippen molar-refractivity contribution in [2.45, 2.75) is 32.7 Å². The molecule has 1 N–H and O–H groups in total. The van der Waals surface area contributed by atoms with Gasteiger partial charge in [0.1, 0.15) is 11.3 Å². The molecule has 2 aromatic heterocycles. The van der Waals surface area contributed by atoms with Crippen molar-refractivity contribution in [2.75, 3.05) is 6.61 Å². The van der Waals surface area contributed by atoms with E-state index in [2.05, 4.69) is 15.3 Å². The lowest BCUT2D eigenvalue weighted by Gasteiger charge is -2.12. The molecule has 1 atom stereocenters. The van der Waals surface area contributed by atoms with Gasteiger partial charge in [0, 0.05) is 24.6 Å². The highest BCUT2D eigenvalue weighted by atomic mass is 16.5. The number of aromatic nitrogens is 2. The van der Waals surface area contributed by atoms with Crippen LogP contribution in [0.3, 0.4) is 0 Å². The fraction of sp³-hybridized carbons (Fsp3) is 0.269. The molecule has 0 spiro atoms. The van der Waals surface area contributed by atoms with E-state index in [1.165, 1.54) is 19.8 Å². The summed E-state index contributed by atoms with van der Waals surface area (Å²) in [6.45, 7) is 4.15. The van der Waals surface area contributed by atoms with Gasteiger partial charge in [-0.25, -0.2) is 4.98 Å². The van der Waals surface area contributed by atoms with Crippen LogP contribution < -0.4 is 14.8 Å². The van der Waals surface area contributed by atoms with E-state index in [-0.39, 0.29) is 11.9 Å². The van der Waals surface area contributed by atoms with Gasteiger partial charge < -0.3 is 19.2 Å². The molecule has 7 nitrogen and oxygen atoms in total. The summed E-state index contributed by atoms with van der Waals surface area (Å²) in [5, 5.41) is 2.88. The lowest BCUT2D eigenvalue weighted by atomic mass is 10.1. The molecule has 1 fully saturated rings. The molecule has 2 heterocycles. The first-order chi connectivity index (χ1) is 16.0. The quantitative estimate of drug-likeness (QED) is 0.378. The van der Waals surface area contributed by atoms with Crippen LogP contribution in [0, 0.1) is 5.92 Å². The normalized spacial score (nSPS) is 14.1. The molecule has 4 aromatic rings. The maximum Gasteiger partial charge on any atom is 0.227 e. The minimum atomic E-state index is -0.108. The Kier molecular flexibility index (Phi) is 5.69. The predicted molar refractivity (Wildman–Crippen MR) is 124 cm³/mol. The Morgan fingerprint density at radius 3 is 2.64 bits per heavy atom. The lowest BCUT2D eigenvalue weighted by Crippen LogP contribution is -2.23. The summed E-state index contributed by atoms with van der Waals surface area (Å²) in [5.74, 6) is 2.84. The molecule has 2 aromatic carbocycles. The second-order valence-electron chi connectivity index (χ2n) is 8.36. The molecule has 1 unspecified atom stereocenters. The van der Waals surface area contributed by atoms with E-state index < -0.39 is 0 Å². The summed E-state index contributed by atoms with van der Waals surface area (Å²) >= 11 is 0. The highest BCUT2D eigenvalue weighted by molar-refractivity contribution is 5.78. The SMILES string of the molecule is CC(=O)NC(C)c1ccc2nc(-c3ccc(Oc4cccc(OCC5CC5)n4)cc3)oc2c1. The van der Waals surface area contributed by atoms with Crippen LogP contribution >= 0.6 is 0 Å². The van der Waals surface area contributed by atoms with Crippen LogP contribution in [0.5, 0.6) is 17.5 Å². The van der Waals surface area contributed by atoms with Crippen LogP contribution in [-0.4, -0.2) is 22.5 Å². The molecule has 0 saturated heterocycles. The van der Waals surface area contributed by atoms with Crippen LogP contribution in [0.1, 0.15) is 38.3 Å². The largest absolute Gasteiger partial charge is 0.477 e. The summed E-state index contributed by atoms with van der Waals surface area (Å²) in [6.07, 6.45) is 2.47. The Bertz CT molecular complexity index is 1280. The second-order valence-corrected chi connectivity index (χ2v) is 8.36. The highest BCUT2D eigenvalue weighted by Gasteiger charge is 2.22. The Morgan fingerprint density at radius 2 is 1.88 bits per heavy atom. The van der Waals surface area contributed by atoms with Gasteiger partial charge in [-0.3, -0.25) is 4.79 Å². The first-order valence-corrected chi connectivity index (χ1v) is 11.1. The van der Waals surface area contributed by atoms with Crippen LogP contribution in [-0.2, 0) is 4.79 Å². The number of nitrogens with one attached hydrogen (secondary N) is 1. The lowest BCUT2D eigenvalue weighted by molar-refractivity contribution is -0.119. The number of ether oxygens (including phenoxy) is 2. The minimum absolute atomic E-state index is 0.0733. The molecule has 33 heavy (non-hydrogen) atoms. The molecule has 1 aliphatic carbocycles. The van der Waals surface area contributed by atoms with E-state index in [4.69, 9.17) is 13.9 Å². The number of fused-ring (bicyclic) bond motifs is 1. The molecule has 168 valence electrons. The number of rotatable bonds is 8. The number of hydrogen-bond acceptors (Lipinski definition) is 6. The van der Waals surface area contributed by atoms with E-state index in [0.717, 1.165) is 16.6 Å².